The largest absolute Gasteiger partial charge is 0.493 e. The van der Waals surface area contributed by atoms with Crippen LogP contribution < -0.4 is 28.4 Å². The van der Waals surface area contributed by atoms with Gasteiger partial charge in [0.15, 0.2) is 23.0 Å². The normalized spacial score (nSPS) is 11.4. The molecule has 0 aromatic heterocycles. The van der Waals surface area contributed by atoms with Crippen molar-refractivity contribution in [1.29, 1.82) is 0 Å². The fourth-order valence-electron chi connectivity index (χ4n) is 3.31. The maximum atomic E-state index is 12.7. The zero-order chi connectivity index (χ0) is 26.1. The van der Waals surface area contributed by atoms with E-state index < -0.39 is 11.9 Å². The quantitative estimate of drug-likeness (QED) is 0.286. The van der Waals surface area contributed by atoms with Crippen LogP contribution in [0.2, 0.25) is 0 Å². The molecule has 2 rings (SSSR count). The molecule has 188 valence electrons. The van der Waals surface area contributed by atoms with Crippen molar-refractivity contribution < 1.29 is 47.9 Å². The van der Waals surface area contributed by atoms with E-state index in [1.54, 1.807) is 24.3 Å². The van der Waals surface area contributed by atoms with Crippen LogP contribution in [0.15, 0.2) is 35.4 Å². The van der Waals surface area contributed by atoms with Gasteiger partial charge < -0.3 is 38.3 Å². The lowest BCUT2D eigenvalue weighted by Gasteiger charge is -2.14. The molecule has 1 N–H and O–H groups in total. The van der Waals surface area contributed by atoms with Gasteiger partial charge in [0.2, 0.25) is 11.5 Å². The summed E-state index contributed by atoms with van der Waals surface area (Å²) in [5.41, 5.74) is 0.247. The lowest BCUT2D eigenvalue weighted by atomic mass is 9.99. The Kier molecular flexibility index (Phi) is 9.39. The molecule has 2 aromatic carbocycles. The molecule has 0 fully saturated rings. The van der Waals surface area contributed by atoms with Crippen LogP contribution >= 0.6 is 0 Å². The average molecular weight is 488 g/mol. The second kappa shape index (κ2) is 12.2. The highest BCUT2D eigenvalue weighted by molar-refractivity contribution is 6.12. The number of hydrogen-bond donors (Lipinski definition) is 1. The van der Waals surface area contributed by atoms with Gasteiger partial charge in [-0.15, -0.1) is 0 Å². The number of carboxylic acid groups (broad SMARTS) is 1. The van der Waals surface area contributed by atoms with Crippen molar-refractivity contribution in [2.75, 3.05) is 49.8 Å². The number of esters is 1. The van der Waals surface area contributed by atoms with Gasteiger partial charge in [-0.25, -0.2) is 9.59 Å². The number of aliphatic carboxylic acids is 1. The Morgan fingerprint density at radius 3 is 1.20 bits per heavy atom. The maximum absolute atomic E-state index is 12.7. The summed E-state index contributed by atoms with van der Waals surface area (Å²) >= 11 is 0. The van der Waals surface area contributed by atoms with Crippen LogP contribution in [0, 0.1) is 0 Å². The van der Waals surface area contributed by atoms with Crippen molar-refractivity contribution in [3.05, 3.63) is 46.5 Å². The molecule has 0 aliphatic rings. The Labute approximate surface area is 203 Å². The summed E-state index contributed by atoms with van der Waals surface area (Å²) in [5, 5.41) is 9.99. The molecule has 35 heavy (non-hydrogen) atoms. The summed E-state index contributed by atoms with van der Waals surface area (Å²) in [6, 6.07) is 6.25. The molecule has 0 atom stereocenters. The highest BCUT2D eigenvalue weighted by Gasteiger charge is 2.23. The number of methoxy groups -OCH3 is 7. The molecule has 0 aliphatic heterocycles. The molecule has 0 unspecified atom stereocenters. The van der Waals surface area contributed by atoms with E-state index in [1.807, 2.05) is 0 Å². The van der Waals surface area contributed by atoms with Crippen molar-refractivity contribution >= 4 is 24.1 Å². The van der Waals surface area contributed by atoms with Crippen molar-refractivity contribution in [3.8, 4) is 34.5 Å². The first-order chi connectivity index (χ1) is 16.8. The van der Waals surface area contributed by atoms with Gasteiger partial charge in [-0.05, 0) is 47.5 Å². The van der Waals surface area contributed by atoms with Gasteiger partial charge in [-0.1, -0.05) is 0 Å². The third kappa shape index (κ3) is 5.97. The molecule has 0 bridgehead atoms. The van der Waals surface area contributed by atoms with Gasteiger partial charge in [0, 0.05) is 0 Å². The first-order valence-electron chi connectivity index (χ1n) is 10.1. The van der Waals surface area contributed by atoms with Crippen molar-refractivity contribution in [3.63, 3.8) is 0 Å². The zero-order valence-electron chi connectivity index (χ0n) is 20.6. The Bertz CT molecular complexity index is 1100. The Balaban J connectivity index is 2.78. The first kappa shape index (κ1) is 26.9. The molecular formula is C25H28O10. The predicted octanol–water partition coefficient (Wildman–Crippen LogP) is 3.46. The molecule has 0 saturated carbocycles. The van der Waals surface area contributed by atoms with Crippen LogP contribution in [0.4, 0.5) is 0 Å². The van der Waals surface area contributed by atoms with E-state index >= 15 is 0 Å². The molecule has 0 heterocycles. The second-order valence-corrected chi connectivity index (χ2v) is 6.83. The lowest BCUT2D eigenvalue weighted by Crippen LogP contribution is -2.13. The van der Waals surface area contributed by atoms with Gasteiger partial charge in [-0.3, -0.25) is 0 Å². The highest BCUT2D eigenvalue weighted by Crippen LogP contribution is 2.40. The summed E-state index contributed by atoms with van der Waals surface area (Å²) in [7, 11) is 9.83. The van der Waals surface area contributed by atoms with Crippen molar-refractivity contribution in [2.24, 2.45) is 0 Å². The minimum Gasteiger partial charge on any atom is -0.493 e. The van der Waals surface area contributed by atoms with E-state index in [1.165, 1.54) is 54.8 Å². The van der Waals surface area contributed by atoms with Crippen LogP contribution in [0.1, 0.15) is 11.1 Å². The molecule has 0 aliphatic carbocycles. The van der Waals surface area contributed by atoms with E-state index in [4.69, 9.17) is 33.2 Å². The fourth-order valence-corrected chi connectivity index (χ4v) is 3.31. The first-order valence-corrected chi connectivity index (χ1v) is 10.1. The predicted molar refractivity (Wildman–Crippen MR) is 128 cm³/mol. The van der Waals surface area contributed by atoms with Gasteiger partial charge >= 0.3 is 11.9 Å². The third-order valence-electron chi connectivity index (χ3n) is 4.92. The standard InChI is InChI=1S/C25H28O10/c1-29-18-10-14(11-19(30-2)22(18)33-5)8-16(24(26)27)17(25(28)35-7)9-15-12-20(31-3)23(34-6)21(13-15)32-4/h8-13H,1-7H3,(H,26,27)/b16-8+,17-9+. The number of benzene rings is 2. The Hall–Kier alpha value is -4.34. The SMILES string of the molecule is COC(=O)C(=C/c1cc(OC)c(OC)c(OC)c1)/C(=C\c1cc(OC)c(OC)c(OC)c1)C(=O)O. The zero-order valence-corrected chi connectivity index (χ0v) is 20.6. The topological polar surface area (TPSA) is 119 Å². The van der Waals surface area contributed by atoms with E-state index in [0.29, 0.717) is 45.6 Å². The molecule has 0 saturated heterocycles. The molecule has 0 radical (unpaired) electrons. The molecular weight excluding hydrogens is 460 g/mol. The summed E-state index contributed by atoms with van der Waals surface area (Å²) in [6.45, 7) is 0. The summed E-state index contributed by atoms with van der Waals surface area (Å²) in [6.07, 6.45) is 2.65. The molecule has 2 aromatic rings. The van der Waals surface area contributed by atoms with E-state index in [9.17, 15) is 14.7 Å². The minimum absolute atomic E-state index is 0.219. The molecule has 10 nitrogen and oxygen atoms in total. The second-order valence-electron chi connectivity index (χ2n) is 6.83. The van der Waals surface area contributed by atoms with Crippen molar-refractivity contribution in [2.45, 2.75) is 0 Å². The van der Waals surface area contributed by atoms with Crippen LogP contribution in [0.5, 0.6) is 34.5 Å². The molecule has 10 heteroatoms. The van der Waals surface area contributed by atoms with Crippen LogP contribution in [0.25, 0.3) is 12.2 Å². The molecule has 0 amide bonds. The van der Waals surface area contributed by atoms with E-state index in [-0.39, 0.29) is 11.1 Å². The summed E-state index contributed by atoms with van der Waals surface area (Å²) in [4.78, 5) is 24.9. The number of carboxylic acids is 1. The monoisotopic (exact) mass is 488 g/mol. The number of carbonyl (C=O) groups is 2. The number of rotatable bonds is 11. The van der Waals surface area contributed by atoms with Gasteiger partial charge in [-0.2, -0.15) is 0 Å². The van der Waals surface area contributed by atoms with E-state index in [2.05, 4.69) is 0 Å². The Morgan fingerprint density at radius 1 is 0.600 bits per heavy atom. The average Bonchev–Trinajstić information content (AvgIpc) is 2.88. The van der Waals surface area contributed by atoms with Gasteiger partial charge in [0.05, 0.1) is 60.9 Å². The smallest absolute Gasteiger partial charge is 0.338 e. The van der Waals surface area contributed by atoms with Crippen LogP contribution in [-0.2, 0) is 14.3 Å². The van der Waals surface area contributed by atoms with Crippen LogP contribution in [-0.4, -0.2) is 66.8 Å². The van der Waals surface area contributed by atoms with Crippen molar-refractivity contribution in [1.82, 2.24) is 0 Å². The maximum Gasteiger partial charge on any atom is 0.338 e. The van der Waals surface area contributed by atoms with E-state index in [0.717, 1.165) is 7.11 Å². The minimum atomic E-state index is -1.36. The lowest BCUT2D eigenvalue weighted by molar-refractivity contribution is -0.138. The fraction of sp³-hybridized carbons (Fsp3) is 0.280. The summed E-state index contributed by atoms with van der Waals surface area (Å²) < 4.78 is 36.8. The number of ether oxygens (including phenoxy) is 7. The summed E-state index contributed by atoms with van der Waals surface area (Å²) in [5.74, 6) is -0.251. The number of hydrogen-bond acceptors (Lipinski definition) is 9. The Morgan fingerprint density at radius 2 is 0.943 bits per heavy atom. The van der Waals surface area contributed by atoms with Gasteiger partial charge in [0.25, 0.3) is 0 Å². The molecule has 0 spiro atoms. The highest BCUT2D eigenvalue weighted by atomic mass is 16.5. The van der Waals surface area contributed by atoms with Crippen LogP contribution in [0.3, 0.4) is 0 Å². The third-order valence-corrected chi connectivity index (χ3v) is 4.92. The van der Waals surface area contributed by atoms with Gasteiger partial charge in [0.1, 0.15) is 0 Å². The number of carbonyl (C=O) groups excluding carboxylic acids is 1.